The van der Waals surface area contributed by atoms with E-state index in [0.717, 1.165) is 33.1 Å². The fraction of sp³-hybridized carbons (Fsp3) is 0. The summed E-state index contributed by atoms with van der Waals surface area (Å²) in [5, 5.41) is 12.2. The summed E-state index contributed by atoms with van der Waals surface area (Å²) < 4.78 is 6.46. The van der Waals surface area contributed by atoms with Gasteiger partial charge in [0.2, 0.25) is 0 Å². The molecule has 0 saturated carbocycles. The van der Waals surface area contributed by atoms with Gasteiger partial charge < -0.3 is 4.42 Å². The average molecular weight is 673 g/mol. The molecule has 246 valence electrons. The van der Waals surface area contributed by atoms with E-state index >= 15 is 0 Å². The van der Waals surface area contributed by atoms with E-state index in [2.05, 4.69) is 188 Å². The van der Waals surface area contributed by atoms with Gasteiger partial charge in [0.25, 0.3) is 0 Å². The normalized spacial score (nSPS) is 11.8. The Morgan fingerprint density at radius 2 is 0.736 bits per heavy atom. The van der Waals surface area contributed by atoms with Crippen LogP contribution in [-0.2, 0) is 0 Å². The predicted molar refractivity (Wildman–Crippen MR) is 225 cm³/mol. The Bertz CT molecular complexity index is 3160. The fourth-order valence-electron chi connectivity index (χ4n) is 8.76. The summed E-state index contributed by atoms with van der Waals surface area (Å²) in [6, 6.07) is 70.6. The molecule has 0 aliphatic heterocycles. The van der Waals surface area contributed by atoms with Crippen LogP contribution in [0, 0.1) is 0 Å². The SMILES string of the molecule is c1ccc(-c2cc3oc4ccccc4c3cc2-c2c3ccccc3c(-c3ccc(-c4cccc5ccccc45)c4ccccc34)c3ccccc23)cc1. The molecular formula is C52H32O. The van der Waals surface area contributed by atoms with E-state index in [-0.39, 0.29) is 0 Å². The molecule has 0 N–H and O–H groups in total. The molecule has 53 heavy (non-hydrogen) atoms. The molecule has 0 unspecified atom stereocenters. The van der Waals surface area contributed by atoms with Crippen LogP contribution in [0.25, 0.3) is 110 Å². The first-order valence-corrected chi connectivity index (χ1v) is 18.3. The van der Waals surface area contributed by atoms with Crippen LogP contribution in [-0.4, -0.2) is 0 Å². The molecule has 0 aliphatic carbocycles. The monoisotopic (exact) mass is 672 g/mol. The van der Waals surface area contributed by atoms with Gasteiger partial charge in [0, 0.05) is 10.8 Å². The second kappa shape index (κ2) is 11.8. The molecule has 0 amide bonds. The lowest BCUT2D eigenvalue weighted by atomic mass is 9.82. The fourth-order valence-corrected chi connectivity index (χ4v) is 8.76. The van der Waals surface area contributed by atoms with Gasteiger partial charge in [0.1, 0.15) is 11.2 Å². The van der Waals surface area contributed by atoms with Crippen LogP contribution in [0.3, 0.4) is 0 Å². The van der Waals surface area contributed by atoms with E-state index in [1.807, 2.05) is 6.07 Å². The lowest BCUT2D eigenvalue weighted by Gasteiger charge is -2.21. The van der Waals surface area contributed by atoms with Gasteiger partial charge in [-0.2, -0.15) is 0 Å². The molecule has 1 heterocycles. The van der Waals surface area contributed by atoms with Crippen molar-refractivity contribution in [2.75, 3.05) is 0 Å². The van der Waals surface area contributed by atoms with Gasteiger partial charge in [-0.25, -0.2) is 0 Å². The summed E-state index contributed by atoms with van der Waals surface area (Å²) in [6.07, 6.45) is 0. The minimum absolute atomic E-state index is 0.900. The Hall–Kier alpha value is -6.96. The Labute approximate surface area is 307 Å². The molecule has 0 saturated heterocycles. The first kappa shape index (κ1) is 29.7. The number of hydrogen-bond acceptors (Lipinski definition) is 1. The molecule has 0 bridgehead atoms. The first-order chi connectivity index (χ1) is 26.3. The molecule has 0 fully saturated rings. The highest BCUT2D eigenvalue weighted by Gasteiger charge is 2.22. The van der Waals surface area contributed by atoms with Crippen molar-refractivity contribution in [3.8, 4) is 44.5 Å². The zero-order valence-corrected chi connectivity index (χ0v) is 28.9. The Morgan fingerprint density at radius 3 is 1.43 bits per heavy atom. The standard InChI is InChI=1S/C52H32O/c1-2-15-34(16-3-1)46-32-50-47(40-22-12-13-28-49(40)53-50)31-48(46)52-43-25-10-8-23-41(43)51(42-24-9-11-26-44(42)52)45-30-29-39(37-20-6-7-21-38(37)45)36-27-14-18-33-17-4-5-19-35(33)36/h1-32H. The highest BCUT2D eigenvalue weighted by Crippen LogP contribution is 2.49. The lowest BCUT2D eigenvalue weighted by Crippen LogP contribution is -1.94. The maximum Gasteiger partial charge on any atom is 0.136 e. The number of furan rings is 1. The lowest BCUT2D eigenvalue weighted by molar-refractivity contribution is 0.669. The predicted octanol–water partition coefficient (Wildman–Crippen LogP) is 14.9. The van der Waals surface area contributed by atoms with E-state index in [1.54, 1.807) is 0 Å². The average Bonchev–Trinajstić information content (AvgIpc) is 3.60. The summed E-state index contributed by atoms with van der Waals surface area (Å²) in [6.45, 7) is 0. The summed E-state index contributed by atoms with van der Waals surface area (Å²) in [5.41, 5.74) is 11.6. The first-order valence-electron chi connectivity index (χ1n) is 18.3. The van der Waals surface area contributed by atoms with Crippen LogP contribution >= 0.6 is 0 Å². The summed E-state index contributed by atoms with van der Waals surface area (Å²) in [7, 11) is 0. The van der Waals surface area contributed by atoms with Crippen molar-refractivity contribution in [3.63, 3.8) is 0 Å². The third kappa shape index (κ3) is 4.58. The van der Waals surface area contributed by atoms with E-state index in [9.17, 15) is 0 Å². The second-order valence-corrected chi connectivity index (χ2v) is 13.9. The molecule has 11 rings (SSSR count). The molecule has 1 heteroatoms. The van der Waals surface area contributed by atoms with Crippen molar-refractivity contribution in [3.05, 3.63) is 194 Å². The summed E-state index contributed by atoms with van der Waals surface area (Å²) in [5.74, 6) is 0. The zero-order chi connectivity index (χ0) is 34.9. The van der Waals surface area contributed by atoms with E-state index < -0.39 is 0 Å². The molecule has 0 radical (unpaired) electrons. The van der Waals surface area contributed by atoms with E-state index in [4.69, 9.17) is 4.42 Å². The van der Waals surface area contributed by atoms with Gasteiger partial charge in [-0.1, -0.05) is 176 Å². The summed E-state index contributed by atoms with van der Waals surface area (Å²) in [4.78, 5) is 0. The highest BCUT2D eigenvalue weighted by atomic mass is 16.3. The number of fused-ring (bicyclic) bond motifs is 7. The third-order valence-corrected chi connectivity index (χ3v) is 11.1. The van der Waals surface area contributed by atoms with Crippen molar-refractivity contribution >= 4 is 65.0 Å². The van der Waals surface area contributed by atoms with Gasteiger partial charge in [-0.3, -0.25) is 0 Å². The number of benzene rings is 10. The van der Waals surface area contributed by atoms with Crippen LogP contribution in [0.1, 0.15) is 0 Å². The minimum Gasteiger partial charge on any atom is -0.456 e. The van der Waals surface area contributed by atoms with Crippen molar-refractivity contribution in [2.45, 2.75) is 0 Å². The number of hydrogen-bond donors (Lipinski definition) is 0. The topological polar surface area (TPSA) is 13.1 Å². The zero-order valence-electron chi connectivity index (χ0n) is 28.9. The van der Waals surface area contributed by atoms with Crippen LogP contribution < -0.4 is 0 Å². The van der Waals surface area contributed by atoms with Crippen LogP contribution in [0.2, 0.25) is 0 Å². The molecule has 1 nitrogen and oxygen atoms in total. The maximum absolute atomic E-state index is 6.46. The van der Waals surface area contributed by atoms with Crippen molar-refractivity contribution in [1.29, 1.82) is 0 Å². The molecule has 0 spiro atoms. The molecule has 11 aromatic rings. The van der Waals surface area contributed by atoms with Crippen LogP contribution in [0.15, 0.2) is 199 Å². The minimum atomic E-state index is 0.900. The maximum atomic E-state index is 6.46. The van der Waals surface area contributed by atoms with Gasteiger partial charge in [0.05, 0.1) is 0 Å². The smallest absolute Gasteiger partial charge is 0.136 e. The highest BCUT2D eigenvalue weighted by molar-refractivity contribution is 6.26. The van der Waals surface area contributed by atoms with Crippen molar-refractivity contribution < 1.29 is 4.42 Å². The third-order valence-electron chi connectivity index (χ3n) is 11.1. The number of rotatable bonds is 4. The number of para-hydroxylation sites is 1. The van der Waals surface area contributed by atoms with Crippen LogP contribution in [0.4, 0.5) is 0 Å². The van der Waals surface area contributed by atoms with Gasteiger partial charge in [-0.05, 0) is 106 Å². The van der Waals surface area contributed by atoms with E-state index in [1.165, 1.54) is 76.5 Å². The second-order valence-electron chi connectivity index (χ2n) is 13.9. The van der Waals surface area contributed by atoms with E-state index in [0.29, 0.717) is 0 Å². The Balaban J connectivity index is 1.24. The van der Waals surface area contributed by atoms with Gasteiger partial charge >= 0.3 is 0 Å². The largest absolute Gasteiger partial charge is 0.456 e. The van der Waals surface area contributed by atoms with Crippen molar-refractivity contribution in [2.24, 2.45) is 0 Å². The van der Waals surface area contributed by atoms with Crippen molar-refractivity contribution in [1.82, 2.24) is 0 Å². The molecular weight excluding hydrogens is 641 g/mol. The molecule has 10 aromatic carbocycles. The van der Waals surface area contributed by atoms with Crippen LogP contribution in [0.5, 0.6) is 0 Å². The molecule has 1 aromatic heterocycles. The quantitative estimate of drug-likeness (QED) is 0.170. The summed E-state index contributed by atoms with van der Waals surface area (Å²) >= 11 is 0. The Morgan fingerprint density at radius 1 is 0.245 bits per heavy atom. The van der Waals surface area contributed by atoms with Gasteiger partial charge in [-0.15, -0.1) is 0 Å². The molecule has 0 aliphatic rings. The molecule has 0 atom stereocenters. The Kier molecular flexibility index (Phi) is 6.62. The van der Waals surface area contributed by atoms with Gasteiger partial charge in [0.15, 0.2) is 0 Å².